The zero-order chi connectivity index (χ0) is 36.1. The number of hydrogen-bond donors (Lipinski definition) is 2. The van der Waals surface area contributed by atoms with Crippen molar-refractivity contribution in [2.45, 2.75) is 45.1 Å². The molecule has 0 radical (unpaired) electrons. The first-order valence-electron chi connectivity index (χ1n) is 16.8. The highest BCUT2D eigenvalue weighted by Crippen LogP contribution is 2.35. The van der Waals surface area contributed by atoms with Gasteiger partial charge in [0.15, 0.2) is 5.65 Å². The van der Waals surface area contributed by atoms with E-state index in [9.17, 15) is 18.0 Å². The number of fused-ring (bicyclic) bond motifs is 1. The van der Waals surface area contributed by atoms with Gasteiger partial charge in [-0.05, 0) is 87.3 Å². The molecule has 0 spiro atoms. The molecule has 0 saturated carbocycles. The molecule has 266 valence electrons. The minimum absolute atomic E-state index is 0.0745. The first-order valence-corrected chi connectivity index (χ1v) is 16.8. The molecule has 51 heavy (non-hydrogen) atoms. The second kappa shape index (κ2) is 15.4. The molecule has 6 rings (SSSR count). The molecular weight excluding hydrogens is 657 g/mol. The Balaban J connectivity index is 1.16. The van der Waals surface area contributed by atoms with Crippen LogP contribution >= 0.6 is 0 Å². The number of nitrogens with zero attached hydrogens (tertiary/aromatic N) is 6. The average Bonchev–Trinajstić information content (AvgIpc) is 3.86. The average molecular weight is 699 g/mol. The molecule has 2 N–H and O–H groups in total. The van der Waals surface area contributed by atoms with E-state index in [0.29, 0.717) is 36.1 Å². The Labute approximate surface area is 295 Å². The van der Waals surface area contributed by atoms with E-state index in [1.54, 1.807) is 37.7 Å². The van der Waals surface area contributed by atoms with Gasteiger partial charge >= 0.3 is 6.18 Å². The van der Waals surface area contributed by atoms with Crippen LogP contribution in [0.5, 0.6) is 0 Å². The normalized spacial score (nSPS) is 14.9. The largest absolute Gasteiger partial charge is 0.416 e. The van der Waals surface area contributed by atoms with E-state index in [0.717, 1.165) is 48.9 Å². The Morgan fingerprint density at radius 3 is 2.71 bits per heavy atom. The Kier molecular flexibility index (Phi) is 10.8. The number of amides is 1. The zero-order valence-electron chi connectivity index (χ0n) is 29.1. The van der Waals surface area contributed by atoms with Gasteiger partial charge in [0.25, 0.3) is 5.91 Å². The van der Waals surface area contributed by atoms with Gasteiger partial charge in [0, 0.05) is 75.1 Å². The molecular formula is C38H41F3N8O2. The summed E-state index contributed by atoms with van der Waals surface area (Å²) in [6.07, 6.45) is 4.43. The summed E-state index contributed by atoms with van der Waals surface area (Å²) in [6.45, 7) is 4.92. The highest BCUT2D eigenvalue weighted by Gasteiger charge is 2.35. The number of benzene rings is 2. The predicted molar refractivity (Wildman–Crippen MR) is 191 cm³/mol. The second-order valence-electron chi connectivity index (χ2n) is 13.0. The fraction of sp³-hybridized carbons (Fsp3) is 0.342. The fourth-order valence-corrected chi connectivity index (χ4v) is 6.18. The van der Waals surface area contributed by atoms with Crippen molar-refractivity contribution in [3.8, 4) is 11.8 Å². The number of carbonyl (C=O) groups is 1. The number of ether oxygens (including phenoxy) is 1. The number of nitrogens with one attached hydrogen (secondary N) is 2. The number of imidazole rings is 1. The number of likely N-dealkylation sites (tertiary alicyclic amines) is 1. The molecule has 1 atom stereocenters. The van der Waals surface area contributed by atoms with Crippen molar-refractivity contribution < 1.29 is 22.7 Å². The number of halogens is 3. The summed E-state index contributed by atoms with van der Waals surface area (Å²) in [6, 6.07) is 13.2. The number of likely N-dealkylation sites (N-methyl/N-ethyl adjacent to an activating group) is 1. The first kappa shape index (κ1) is 35.7. The van der Waals surface area contributed by atoms with Crippen LogP contribution in [0.25, 0.3) is 5.65 Å². The number of rotatable bonds is 11. The van der Waals surface area contributed by atoms with Crippen molar-refractivity contribution in [2.24, 2.45) is 0 Å². The SMILES string of the molecule is COCCCn1cc(Nc2cccn3c(C#Cc4cc(C(=O)Nc5ccc(CN6CCC(N(C)C)C6)c(C(F)(F)F)c5)ccc4C)cnc23)cn1. The lowest BCUT2D eigenvalue weighted by Gasteiger charge is -2.22. The van der Waals surface area contributed by atoms with E-state index in [1.165, 1.54) is 12.1 Å². The van der Waals surface area contributed by atoms with Crippen molar-refractivity contribution in [3.63, 3.8) is 0 Å². The van der Waals surface area contributed by atoms with Crippen molar-refractivity contribution in [1.82, 2.24) is 29.0 Å². The number of carbonyl (C=O) groups excluding carboxylic acids is 1. The Hall–Kier alpha value is -5.16. The number of hydrogen-bond acceptors (Lipinski definition) is 7. The predicted octanol–water partition coefficient (Wildman–Crippen LogP) is 6.43. The van der Waals surface area contributed by atoms with Crippen molar-refractivity contribution in [2.75, 3.05) is 51.5 Å². The van der Waals surface area contributed by atoms with Crippen LogP contribution in [0.15, 0.2) is 73.3 Å². The van der Waals surface area contributed by atoms with Gasteiger partial charge in [-0.2, -0.15) is 18.3 Å². The van der Waals surface area contributed by atoms with Crippen LogP contribution in [-0.4, -0.2) is 81.8 Å². The van der Waals surface area contributed by atoms with Crippen LogP contribution in [0.3, 0.4) is 0 Å². The van der Waals surface area contributed by atoms with E-state index in [1.807, 2.05) is 59.5 Å². The summed E-state index contributed by atoms with van der Waals surface area (Å²) in [4.78, 5) is 22.0. The highest BCUT2D eigenvalue weighted by molar-refractivity contribution is 6.04. The topological polar surface area (TPSA) is 92.0 Å². The van der Waals surface area contributed by atoms with Crippen LogP contribution in [0.4, 0.5) is 30.2 Å². The molecule has 1 amide bonds. The summed E-state index contributed by atoms with van der Waals surface area (Å²) < 4.78 is 51.3. The first-order chi connectivity index (χ1) is 24.5. The summed E-state index contributed by atoms with van der Waals surface area (Å²) in [5, 5.41) is 10.4. The summed E-state index contributed by atoms with van der Waals surface area (Å²) in [7, 11) is 5.64. The monoisotopic (exact) mass is 698 g/mol. The smallest absolute Gasteiger partial charge is 0.385 e. The minimum Gasteiger partial charge on any atom is -0.385 e. The minimum atomic E-state index is -4.56. The molecule has 10 nitrogen and oxygen atoms in total. The molecule has 13 heteroatoms. The van der Waals surface area contributed by atoms with Gasteiger partial charge in [0.1, 0.15) is 5.69 Å². The summed E-state index contributed by atoms with van der Waals surface area (Å²) in [5.41, 5.74) is 4.19. The quantitative estimate of drug-likeness (QED) is 0.122. The van der Waals surface area contributed by atoms with Gasteiger partial charge in [-0.25, -0.2) is 4.98 Å². The van der Waals surface area contributed by atoms with E-state index in [4.69, 9.17) is 4.74 Å². The van der Waals surface area contributed by atoms with E-state index in [2.05, 4.69) is 37.5 Å². The maximum Gasteiger partial charge on any atom is 0.416 e. The number of methoxy groups -OCH3 is 1. The highest BCUT2D eigenvalue weighted by atomic mass is 19.4. The van der Waals surface area contributed by atoms with Crippen molar-refractivity contribution in [1.29, 1.82) is 0 Å². The number of anilines is 3. The fourth-order valence-electron chi connectivity index (χ4n) is 6.18. The molecule has 0 aliphatic carbocycles. The third-order valence-electron chi connectivity index (χ3n) is 9.05. The number of aromatic nitrogens is 4. The molecule has 5 aromatic rings. The Morgan fingerprint density at radius 2 is 1.94 bits per heavy atom. The van der Waals surface area contributed by atoms with Gasteiger partial charge in [0.2, 0.25) is 0 Å². The summed E-state index contributed by atoms with van der Waals surface area (Å²) >= 11 is 0. The maximum absolute atomic E-state index is 14.2. The van der Waals surface area contributed by atoms with E-state index in [-0.39, 0.29) is 23.4 Å². The molecule has 4 heterocycles. The van der Waals surface area contributed by atoms with E-state index >= 15 is 0 Å². The lowest BCUT2D eigenvalue weighted by atomic mass is 10.0. The van der Waals surface area contributed by atoms with Gasteiger partial charge in [-0.1, -0.05) is 18.1 Å². The van der Waals surface area contributed by atoms with Crippen LogP contribution in [0, 0.1) is 18.8 Å². The van der Waals surface area contributed by atoms with Crippen LogP contribution < -0.4 is 10.6 Å². The molecule has 0 bridgehead atoms. The molecule has 1 unspecified atom stereocenters. The molecule has 1 fully saturated rings. The summed E-state index contributed by atoms with van der Waals surface area (Å²) in [5.74, 6) is 5.79. The molecule has 1 saturated heterocycles. The van der Waals surface area contributed by atoms with Gasteiger partial charge in [-0.3, -0.25) is 18.8 Å². The number of pyridine rings is 1. The maximum atomic E-state index is 14.2. The lowest BCUT2D eigenvalue weighted by molar-refractivity contribution is -0.138. The van der Waals surface area contributed by atoms with Crippen molar-refractivity contribution >= 4 is 28.6 Å². The Morgan fingerprint density at radius 1 is 1.10 bits per heavy atom. The third kappa shape index (κ3) is 8.60. The third-order valence-corrected chi connectivity index (χ3v) is 9.05. The number of alkyl halides is 3. The van der Waals surface area contributed by atoms with Gasteiger partial charge < -0.3 is 20.3 Å². The van der Waals surface area contributed by atoms with E-state index < -0.39 is 17.6 Å². The van der Waals surface area contributed by atoms with Gasteiger partial charge in [0.05, 0.1) is 29.3 Å². The van der Waals surface area contributed by atoms with Crippen LogP contribution in [0.2, 0.25) is 0 Å². The lowest BCUT2D eigenvalue weighted by Crippen LogP contribution is -2.31. The zero-order valence-corrected chi connectivity index (χ0v) is 29.1. The van der Waals surface area contributed by atoms with Crippen LogP contribution in [-0.2, 0) is 24.0 Å². The Bertz CT molecular complexity index is 2070. The molecule has 2 aromatic carbocycles. The molecule has 1 aliphatic rings. The molecule has 3 aromatic heterocycles. The van der Waals surface area contributed by atoms with Crippen LogP contribution in [0.1, 0.15) is 51.1 Å². The van der Waals surface area contributed by atoms with Crippen molar-refractivity contribution in [3.05, 3.63) is 107 Å². The number of aryl methyl sites for hydroxylation is 2. The van der Waals surface area contributed by atoms with Gasteiger partial charge in [-0.15, -0.1) is 0 Å². The molecule has 1 aliphatic heterocycles. The second-order valence-corrected chi connectivity index (χ2v) is 13.0. The standard InChI is InChI=1S/C38H41F3N8O2/c1-26-8-9-28(37(50)45-30-12-10-29(34(20-30)38(39,40)41)23-47-17-14-33(25-47)46(2)3)19-27(26)11-13-32-22-42-36-35(7-5-16-49(32)36)44-31-21-43-48(24-31)15-6-18-51-4/h5,7-10,12,16,19-22,24,33,44H,6,14-15,17-18,23,25H2,1-4H3,(H,45,50).